The summed E-state index contributed by atoms with van der Waals surface area (Å²) in [5.41, 5.74) is 3.34. The van der Waals surface area contributed by atoms with Crippen LogP contribution in [0.5, 0.6) is 0 Å². The third-order valence-corrected chi connectivity index (χ3v) is 6.92. The maximum atomic E-state index is 13.2. The molecule has 0 saturated carbocycles. The third-order valence-electron chi connectivity index (χ3n) is 4.88. The highest BCUT2D eigenvalue weighted by atomic mass is 32.2. The monoisotopic (exact) mass is 436 g/mol. The van der Waals surface area contributed by atoms with E-state index in [-0.39, 0.29) is 5.91 Å². The fraction of sp³-hybridized carbons (Fsp3) is 0.261. The number of rotatable bonds is 8. The predicted molar refractivity (Wildman–Crippen MR) is 125 cm³/mol. The van der Waals surface area contributed by atoms with Gasteiger partial charge in [0.1, 0.15) is 0 Å². The second-order valence-corrected chi connectivity index (χ2v) is 9.28. The quantitative estimate of drug-likeness (QED) is 0.351. The number of para-hydroxylation sites is 1. The zero-order chi connectivity index (χ0) is 20.9. The lowest BCUT2D eigenvalue weighted by Gasteiger charge is -2.20. The number of aromatic nitrogens is 3. The van der Waals surface area contributed by atoms with Gasteiger partial charge < -0.3 is 4.57 Å². The molecular weight excluding hydrogens is 412 g/mol. The fourth-order valence-corrected chi connectivity index (χ4v) is 5.07. The molecule has 4 rings (SSSR count). The molecule has 2 aromatic carbocycles. The molecule has 0 spiro atoms. The second-order valence-electron chi connectivity index (χ2n) is 7.22. The van der Waals surface area contributed by atoms with Crippen LogP contribution in [0.15, 0.2) is 66.1 Å². The molecule has 0 bridgehead atoms. The van der Waals surface area contributed by atoms with Gasteiger partial charge in [0.15, 0.2) is 5.13 Å². The first-order valence-electron chi connectivity index (χ1n) is 9.92. The molecule has 0 N–H and O–H groups in total. The lowest BCUT2D eigenvalue weighted by Crippen LogP contribution is -2.33. The van der Waals surface area contributed by atoms with E-state index in [1.165, 1.54) is 5.56 Å². The molecule has 0 aliphatic carbocycles. The molecule has 2 heterocycles. The number of thiazole rings is 1. The summed E-state index contributed by atoms with van der Waals surface area (Å²) in [6.07, 6.45) is 6.37. The van der Waals surface area contributed by atoms with Crippen molar-refractivity contribution in [3.05, 3.63) is 72.3 Å². The van der Waals surface area contributed by atoms with Crippen LogP contribution < -0.4 is 4.90 Å². The van der Waals surface area contributed by atoms with Crippen LogP contribution in [0.3, 0.4) is 0 Å². The van der Waals surface area contributed by atoms with Crippen LogP contribution in [0.2, 0.25) is 0 Å². The van der Waals surface area contributed by atoms with E-state index in [4.69, 9.17) is 4.98 Å². The van der Waals surface area contributed by atoms with Crippen LogP contribution in [-0.2, 0) is 11.3 Å². The Kier molecular flexibility index (Phi) is 6.50. The Morgan fingerprint density at radius 3 is 2.73 bits per heavy atom. The number of imidazole rings is 1. The first-order valence-corrected chi connectivity index (χ1v) is 11.7. The Morgan fingerprint density at radius 1 is 1.17 bits per heavy atom. The van der Waals surface area contributed by atoms with Crippen molar-refractivity contribution in [2.45, 2.75) is 31.7 Å². The lowest BCUT2D eigenvalue weighted by atomic mass is 10.2. The third kappa shape index (κ3) is 4.91. The molecule has 154 valence electrons. The summed E-state index contributed by atoms with van der Waals surface area (Å²) in [6.45, 7) is 5.57. The molecule has 0 aliphatic rings. The second kappa shape index (κ2) is 9.45. The summed E-state index contributed by atoms with van der Waals surface area (Å²) in [4.78, 5) is 25.0. The van der Waals surface area contributed by atoms with Gasteiger partial charge in [-0.15, -0.1) is 11.8 Å². The largest absolute Gasteiger partial charge is 0.337 e. The van der Waals surface area contributed by atoms with Gasteiger partial charge in [0, 0.05) is 30.4 Å². The number of nitrogens with zero attached hydrogens (tertiary/aromatic N) is 4. The molecule has 4 aromatic rings. The van der Waals surface area contributed by atoms with E-state index < -0.39 is 0 Å². The summed E-state index contributed by atoms with van der Waals surface area (Å²) >= 11 is 3.16. The Morgan fingerprint density at radius 2 is 2.00 bits per heavy atom. The van der Waals surface area contributed by atoms with Gasteiger partial charge in [-0.25, -0.2) is 9.97 Å². The van der Waals surface area contributed by atoms with Crippen molar-refractivity contribution >= 4 is 44.4 Å². The van der Waals surface area contributed by atoms with E-state index >= 15 is 0 Å². The van der Waals surface area contributed by atoms with Gasteiger partial charge in [0.2, 0.25) is 5.91 Å². The van der Waals surface area contributed by atoms with Crippen LogP contribution in [0.4, 0.5) is 5.13 Å². The van der Waals surface area contributed by atoms with E-state index in [1.54, 1.807) is 35.6 Å². The zero-order valence-electron chi connectivity index (χ0n) is 17.1. The molecule has 0 atom stereocenters. The van der Waals surface area contributed by atoms with E-state index in [1.807, 2.05) is 21.7 Å². The summed E-state index contributed by atoms with van der Waals surface area (Å²) in [5.74, 6) is 0.478. The number of aryl methyl sites for hydroxylation is 3. The number of hydrogen-bond donors (Lipinski definition) is 0. The van der Waals surface area contributed by atoms with Crippen LogP contribution in [0.25, 0.3) is 10.2 Å². The molecule has 30 heavy (non-hydrogen) atoms. The summed E-state index contributed by atoms with van der Waals surface area (Å²) in [5, 5.41) is 0.777. The van der Waals surface area contributed by atoms with Gasteiger partial charge in [0.05, 0.1) is 22.3 Å². The first-order chi connectivity index (χ1) is 14.6. The predicted octanol–water partition coefficient (Wildman–Crippen LogP) is 5.33. The lowest BCUT2D eigenvalue weighted by molar-refractivity contribution is -0.116. The maximum Gasteiger partial charge on any atom is 0.239 e. The number of hydrogen-bond acceptors (Lipinski definition) is 5. The van der Waals surface area contributed by atoms with Gasteiger partial charge in [-0.3, -0.25) is 9.69 Å². The number of benzene rings is 2. The average molecular weight is 437 g/mol. The van der Waals surface area contributed by atoms with Gasteiger partial charge in [-0.2, -0.15) is 0 Å². The van der Waals surface area contributed by atoms with Crippen LogP contribution in [-0.4, -0.2) is 32.7 Å². The number of carbonyl (C=O) groups excluding carboxylic acids is 1. The van der Waals surface area contributed by atoms with Crippen molar-refractivity contribution in [1.82, 2.24) is 14.5 Å². The van der Waals surface area contributed by atoms with E-state index in [9.17, 15) is 4.79 Å². The highest BCUT2D eigenvalue weighted by molar-refractivity contribution is 8.00. The summed E-state index contributed by atoms with van der Waals surface area (Å²) in [7, 11) is 0. The van der Waals surface area contributed by atoms with Gasteiger partial charge in [-0.05, 0) is 44.0 Å². The molecule has 0 aliphatic heterocycles. The zero-order valence-corrected chi connectivity index (χ0v) is 18.7. The normalized spacial score (nSPS) is 11.1. The minimum absolute atomic E-state index is 0.0860. The number of fused-ring (bicyclic) bond motifs is 1. The average Bonchev–Trinajstić information content (AvgIpc) is 3.41. The number of carbonyl (C=O) groups is 1. The highest BCUT2D eigenvalue weighted by Crippen LogP contribution is 2.31. The topological polar surface area (TPSA) is 51.0 Å². The number of amides is 1. The Bertz CT molecular complexity index is 1120. The van der Waals surface area contributed by atoms with Gasteiger partial charge in [0.25, 0.3) is 0 Å². The Hall–Kier alpha value is -2.64. The van der Waals surface area contributed by atoms with E-state index in [0.29, 0.717) is 12.3 Å². The van der Waals surface area contributed by atoms with Gasteiger partial charge in [-0.1, -0.05) is 41.2 Å². The SMILES string of the molecule is Cc1ccc(SCC(=O)N(CCCn2ccnc2)c2nc3c(C)cccc3s2)cc1. The Labute approximate surface area is 184 Å². The van der Waals surface area contributed by atoms with Crippen molar-refractivity contribution < 1.29 is 4.79 Å². The molecule has 0 fully saturated rings. The van der Waals surface area contributed by atoms with Crippen molar-refractivity contribution in [2.24, 2.45) is 0 Å². The minimum Gasteiger partial charge on any atom is -0.337 e. The standard InChI is InChI=1S/C23H24N4OS2/c1-17-7-9-19(10-8-17)29-15-21(28)27(13-4-12-26-14-11-24-16-26)23-25-22-18(2)5-3-6-20(22)30-23/h3,5-11,14,16H,4,12-13,15H2,1-2H3. The van der Waals surface area contributed by atoms with Crippen molar-refractivity contribution in [1.29, 1.82) is 0 Å². The molecule has 0 radical (unpaired) electrons. The number of thioether (sulfide) groups is 1. The van der Waals surface area contributed by atoms with Crippen molar-refractivity contribution in [3.8, 4) is 0 Å². The Balaban J connectivity index is 1.51. The minimum atomic E-state index is 0.0860. The molecule has 7 heteroatoms. The first kappa shape index (κ1) is 20.6. The fourth-order valence-electron chi connectivity index (χ4n) is 3.20. The smallest absolute Gasteiger partial charge is 0.239 e. The maximum absolute atomic E-state index is 13.2. The summed E-state index contributed by atoms with van der Waals surface area (Å²) < 4.78 is 3.15. The van der Waals surface area contributed by atoms with Gasteiger partial charge >= 0.3 is 0 Å². The molecular formula is C23H24N4OS2. The van der Waals surface area contributed by atoms with E-state index in [0.717, 1.165) is 38.8 Å². The van der Waals surface area contributed by atoms with E-state index in [2.05, 4.69) is 55.2 Å². The number of anilines is 1. The van der Waals surface area contributed by atoms with Crippen molar-refractivity contribution in [3.63, 3.8) is 0 Å². The summed E-state index contributed by atoms with van der Waals surface area (Å²) in [6, 6.07) is 14.5. The molecule has 0 unspecified atom stereocenters. The molecule has 5 nitrogen and oxygen atoms in total. The highest BCUT2D eigenvalue weighted by Gasteiger charge is 2.20. The van der Waals surface area contributed by atoms with Crippen LogP contribution in [0, 0.1) is 13.8 Å². The molecule has 1 amide bonds. The van der Waals surface area contributed by atoms with Crippen LogP contribution in [0.1, 0.15) is 17.5 Å². The van der Waals surface area contributed by atoms with Crippen molar-refractivity contribution in [2.75, 3.05) is 17.2 Å². The molecule has 0 saturated heterocycles. The molecule has 2 aromatic heterocycles. The van der Waals surface area contributed by atoms with Crippen LogP contribution >= 0.6 is 23.1 Å².